The maximum atomic E-state index is 13.6. The number of methoxy groups -OCH3 is 1. The first-order chi connectivity index (χ1) is 14.8. The average molecular weight is 438 g/mol. The molecule has 3 atom stereocenters. The van der Waals surface area contributed by atoms with E-state index < -0.39 is 12.2 Å². The Hall–Kier alpha value is -2.42. The molecule has 0 aliphatic carbocycles. The standard InChI is InChI=1S/C22H29F3N4O2/c1-4-31-18-8-7-15(11-19(18)30-3)13-28-9-5-6-17(28)16-12-21-26-14(2)10-20(22(23,24)25)29(21)27-16/h7-8,11-12,14,17,20,26H,4-6,9-10,13H2,1-3H3/t14-,17+,20-/m1/s1. The van der Waals surface area contributed by atoms with Gasteiger partial charge in [0.1, 0.15) is 5.82 Å². The summed E-state index contributed by atoms with van der Waals surface area (Å²) in [4.78, 5) is 2.27. The molecule has 170 valence electrons. The number of hydrogen-bond donors (Lipinski definition) is 1. The molecule has 31 heavy (non-hydrogen) atoms. The minimum atomic E-state index is -4.32. The lowest BCUT2D eigenvalue weighted by molar-refractivity contribution is -0.173. The third kappa shape index (κ3) is 4.46. The number of nitrogens with zero attached hydrogens (tertiary/aromatic N) is 3. The highest BCUT2D eigenvalue weighted by molar-refractivity contribution is 5.44. The van der Waals surface area contributed by atoms with Gasteiger partial charge in [0.15, 0.2) is 17.5 Å². The van der Waals surface area contributed by atoms with E-state index in [-0.39, 0.29) is 18.5 Å². The third-order valence-electron chi connectivity index (χ3n) is 6.02. The number of aromatic nitrogens is 2. The summed E-state index contributed by atoms with van der Waals surface area (Å²) in [6.45, 7) is 5.79. The van der Waals surface area contributed by atoms with Gasteiger partial charge in [0, 0.05) is 18.7 Å². The molecule has 2 aliphatic rings. The van der Waals surface area contributed by atoms with E-state index in [0.717, 1.165) is 29.6 Å². The molecule has 6 nitrogen and oxygen atoms in total. The topological polar surface area (TPSA) is 51.5 Å². The van der Waals surface area contributed by atoms with Gasteiger partial charge in [-0.05, 0) is 57.4 Å². The van der Waals surface area contributed by atoms with Gasteiger partial charge in [0.2, 0.25) is 0 Å². The molecule has 9 heteroatoms. The van der Waals surface area contributed by atoms with Crippen LogP contribution < -0.4 is 14.8 Å². The maximum absolute atomic E-state index is 13.6. The Bertz CT molecular complexity index is 915. The van der Waals surface area contributed by atoms with Gasteiger partial charge in [-0.1, -0.05) is 6.07 Å². The van der Waals surface area contributed by atoms with Crippen molar-refractivity contribution in [3.8, 4) is 11.5 Å². The number of alkyl halides is 3. The zero-order valence-corrected chi connectivity index (χ0v) is 18.1. The van der Waals surface area contributed by atoms with E-state index in [1.807, 2.05) is 25.1 Å². The van der Waals surface area contributed by atoms with Crippen LogP contribution in [-0.4, -0.2) is 47.2 Å². The number of nitrogens with one attached hydrogen (secondary N) is 1. The highest BCUT2D eigenvalue weighted by Crippen LogP contribution is 2.42. The summed E-state index contributed by atoms with van der Waals surface area (Å²) < 4.78 is 52.9. The number of rotatable bonds is 6. The number of halogens is 3. The van der Waals surface area contributed by atoms with Gasteiger partial charge < -0.3 is 14.8 Å². The molecular formula is C22H29F3N4O2. The molecule has 2 aromatic rings. The Morgan fingerprint density at radius 3 is 2.74 bits per heavy atom. The maximum Gasteiger partial charge on any atom is 0.410 e. The fourth-order valence-electron chi connectivity index (χ4n) is 4.61. The molecular weight excluding hydrogens is 409 g/mol. The van der Waals surface area contributed by atoms with Gasteiger partial charge in [-0.2, -0.15) is 18.3 Å². The molecule has 0 radical (unpaired) electrons. The van der Waals surface area contributed by atoms with Crippen LogP contribution in [0.25, 0.3) is 0 Å². The highest BCUT2D eigenvalue weighted by atomic mass is 19.4. The Morgan fingerprint density at radius 1 is 1.23 bits per heavy atom. The number of likely N-dealkylation sites (tertiary alicyclic amines) is 1. The fourth-order valence-corrected chi connectivity index (χ4v) is 4.61. The molecule has 1 fully saturated rings. The number of hydrogen-bond acceptors (Lipinski definition) is 5. The normalized spacial score (nSPS) is 24.0. The predicted molar refractivity (Wildman–Crippen MR) is 112 cm³/mol. The van der Waals surface area contributed by atoms with Crippen LogP contribution in [0.5, 0.6) is 11.5 Å². The van der Waals surface area contributed by atoms with E-state index in [1.54, 1.807) is 20.1 Å². The summed E-state index contributed by atoms with van der Waals surface area (Å²) in [5.41, 5.74) is 1.76. The van der Waals surface area contributed by atoms with Crippen molar-refractivity contribution in [2.24, 2.45) is 0 Å². The van der Waals surface area contributed by atoms with E-state index >= 15 is 0 Å². The van der Waals surface area contributed by atoms with Gasteiger partial charge in [-0.15, -0.1) is 0 Å². The lowest BCUT2D eigenvalue weighted by Gasteiger charge is -2.31. The molecule has 0 bridgehead atoms. The molecule has 0 spiro atoms. The molecule has 3 heterocycles. The number of fused-ring (bicyclic) bond motifs is 1. The molecule has 0 unspecified atom stereocenters. The summed E-state index contributed by atoms with van der Waals surface area (Å²) >= 11 is 0. The van der Waals surface area contributed by atoms with Crippen molar-refractivity contribution < 1.29 is 22.6 Å². The van der Waals surface area contributed by atoms with Gasteiger partial charge in [0.05, 0.1) is 25.5 Å². The molecule has 0 saturated carbocycles. The Morgan fingerprint density at radius 2 is 2.03 bits per heavy atom. The van der Waals surface area contributed by atoms with E-state index in [4.69, 9.17) is 9.47 Å². The van der Waals surface area contributed by atoms with Crippen molar-refractivity contribution in [1.29, 1.82) is 0 Å². The summed E-state index contributed by atoms with van der Waals surface area (Å²) in [6.07, 6.45) is -2.48. The third-order valence-corrected chi connectivity index (χ3v) is 6.02. The average Bonchev–Trinajstić information content (AvgIpc) is 3.34. The van der Waals surface area contributed by atoms with Crippen molar-refractivity contribution in [1.82, 2.24) is 14.7 Å². The van der Waals surface area contributed by atoms with Crippen LogP contribution in [0.2, 0.25) is 0 Å². The lowest BCUT2D eigenvalue weighted by atomic mass is 10.1. The summed E-state index contributed by atoms with van der Waals surface area (Å²) in [5, 5.41) is 7.58. The van der Waals surface area contributed by atoms with E-state index in [9.17, 15) is 13.2 Å². The van der Waals surface area contributed by atoms with Crippen LogP contribution >= 0.6 is 0 Å². The minimum Gasteiger partial charge on any atom is -0.493 e. The lowest BCUT2D eigenvalue weighted by Crippen LogP contribution is -2.37. The van der Waals surface area contributed by atoms with Crippen molar-refractivity contribution in [2.75, 3.05) is 25.6 Å². The molecule has 0 amide bonds. The summed E-state index contributed by atoms with van der Waals surface area (Å²) in [7, 11) is 1.61. The first-order valence-electron chi connectivity index (χ1n) is 10.8. The molecule has 1 saturated heterocycles. The largest absolute Gasteiger partial charge is 0.493 e. The Kier molecular flexibility index (Phi) is 6.05. The van der Waals surface area contributed by atoms with Crippen molar-refractivity contribution in [3.63, 3.8) is 0 Å². The highest BCUT2D eigenvalue weighted by Gasteiger charge is 2.46. The second-order valence-corrected chi connectivity index (χ2v) is 8.28. The smallest absolute Gasteiger partial charge is 0.410 e. The van der Waals surface area contributed by atoms with Crippen molar-refractivity contribution >= 4 is 5.82 Å². The fraction of sp³-hybridized carbons (Fsp3) is 0.591. The van der Waals surface area contributed by atoms with Crippen LogP contribution in [0.4, 0.5) is 19.0 Å². The monoisotopic (exact) mass is 438 g/mol. The van der Waals surface area contributed by atoms with Crippen LogP contribution in [0.3, 0.4) is 0 Å². The van der Waals surface area contributed by atoms with Crippen LogP contribution in [0.15, 0.2) is 24.3 Å². The van der Waals surface area contributed by atoms with E-state index in [1.165, 1.54) is 0 Å². The van der Waals surface area contributed by atoms with Crippen LogP contribution in [0.1, 0.15) is 56.5 Å². The second kappa shape index (κ2) is 8.61. The number of anilines is 1. The quantitative estimate of drug-likeness (QED) is 0.693. The minimum absolute atomic E-state index is 0.0124. The Labute approximate surface area is 180 Å². The first-order valence-corrected chi connectivity index (χ1v) is 10.8. The zero-order valence-electron chi connectivity index (χ0n) is 18.1. The SMILES string of the molecule is CCOc1ccc(CN2CCC[C@H]2c2cc3n(n2)[C@@H](C(F)(F)F)C[C@@H](C)N3)cc1OC. The molecule has 2 aliphatic heterocycles. The Balaban J connectivity index is 1.56. The number of benzene rings is 1. The van der Waals surface area contributed by atoms with E-state index in [0.29, 0.717) is 36.2 Å². The predicted octanol–water partition coefficient (Wildman–Crippen LogP) is 4.94. The first kappa shape index (κ1) is 21.8. The molecule has 1 aromatic carbocycles. The second-order valence-electron chi connectivity index (χ2n) is 8.28. The summed E-state index contributed by atoms with van der Waals surface area (Å²) in [6, 6.07) is 5.80. The van der Waals surface area contributed by atoms with Crippen LogP contribution in [0, 0.1) is 0 Å². The van der Waals surface area contributed by atoms with Gasteiger partial charge in [0.25, 0.3) is 0 Å². The van der Waals surface area contributed by atoms with Gasteiger partial charge in [-0.25, -0.2) is 4.68 Å². The van der Waals surface area contributed by atoms with Gasteiger partial charge >= 0.3 is 6.18 Å². The molecule has 1 N–H and O–H groups in total. The van der Waals surface area contributed by atoms with Crippen molar-refractivity contribution in [2.45, 2.75) is 64.0 Å². The molecule has 1 aromatic heterocycles. The number of ether oxygens (including phenoxy) is 2. The van der Waals surface area contributed by atoms with Crippen LogP contribution in [-0.2, 0) is 6.54 Å². The summed E-state index contributed by atoms with van der Waals surface area (Å²) in [5.74, 6) is 1.83. The van der Waals surface area contributed by atoms with E-state index in [2.05, 4.69) is 15.3 Å². The molecule has 4 rings (SSSR count). The zero-order chi connectivity index (χ0) is 22.2. The van der Waals surface area contributed by atoms with Gasteiger partial charge in [-0.3, -0.25) is 4.90 Å². The van der Waals surface area contributed by atoms with Crippen molar-refractivity contribution in [3.05, 3.63) is 35.5 Å².